The highest BCUT2D eigenvalue weighted by atomic mass is 16.6. The van der Waals surface area contributed by atoms with Crippen LogP contribution in [0.4, 0.5) is 11.4 Å². The van der Waals surface area contributed by atoms with Gasteiger partial charge >= 0.3 is 0 Å². The highest BCUT2D eigenvalue weighted by molar-refractivity contribution is 5.81. The van der Waals surface area contributed by atoms with Gasteiger partial charge in [0.15, 0.2) is 0 Å². The van der Waals surface area contributed by atoms with Crippen molar-refractivity contribution < 1.29 is 4.92 Å². The number of hydrogen-bond acceptors (Lipinski definition) is 3. The largest absolute Gasteiger partial charge is 0.272 e. The fraction of sp³-hybridized carbons (Fsp3) is 0.174. The van der Waals surface area contributed by atoms with E-state index in [0.717, 1.165) is 23.2 Å². The quantitative estimate of drug-likeness (QED) is 0.308. The van der Waals surface area contributed by atoms with Gasteiger partial charge in [0.2, 0.25) is 0 Å². The summed E-state index contributed by atoms with van der Waals surface area (Å²) in [6.45, 7) is 3.95. The van der Waals surface area contributed by atoms with Crippen LogP contribution in [0, 0.1) is 17.0 Å². The Balaban J connectivity index is 1.73. The van der Waals surface area contributed by atoms with Crippen LogP contribution in [-0.4, -0.2) is 11.1 Å². The van der Waals surface area contributed by atoms with Crippen molar-refractivity contribution in [1.29, 1.82) is 0 Å². The maximum atomic E-state index is 11.0. The second kappa shape index (κ2) is 8.41. The summed E-state index contributed by atoms with van der Waals surface area (Å²) < 4.78 is 0. The summed E-state index contributed by atoms with van der Waals surface area (Å²) in [5.74, 6) is 0.290. The van der Waals surface area contributed by atoms with Gasteiger partial charge in [-0.1, -0.05) is 55.5 Å². The number of aliphatic imine (C=N–C) groups is 1. The average Bonchev–Trinajstić information content (AvgIpc) is 2.67. The van der Waals surface area contributed by atoms with Gasteiger partial charge in [-0.25, -0.2) is 0 Å². The molecular formula is C23H22N2O2. The molecule has 0 radical (unpaired) electrons. The van der Waals surface area contributed by atoms with Crippen molar-refractivity contribution in [1.82, 2.24) is 0 Å². The Hall–Kier alpha value is -3.27. The van der Waals surface area contributed by atoms with Crippen molar-refractivity contribution in [3.63, 3.8) is 0 Å². The van der Waals surface area contributed by atoms with Crippen LogP contribution in [0.15, 0.2) is 77.8 Å². The Bertz CT molecular complexity index is 965. The Morgan fingerprint density at radius 3 is 2.52 bits per heavy atom. The summed E-state index contributed by atoms with van der Waals surface area (Å²) in [6.07, 6.45) is 2.69. The highest BCUT2D eigenvalue weighted by Crippen LogP contribution is 2.26. The van der Waals surface area contributed by atoms with Gasteiger partial charge in [0.25, 0.3) is 5.69 Å². The molecule has 1 unspecified atom stereocenters. The van der Waals surface area contributed by atoms with E-state index in [4.69, 9.17) is 0 Å². The molecule has 0 spiro atoms. The second-order valence-electron chi connectivity index (χ2n) is 6.75. The molecule has 136 valence electrons. The highest BCUT2D eigenvalue weighted by Gasteiger charge is 2.13. The SMILES string of the molecule is Cc1cc(CC(C)c2cccc(N=Cc3ccccc3)c2)ccc1[N+](=O)[O-]. The number of nitro benzene ring substituents is 1. The molecule has 4 heteroatoms. The molecule has 0 N–H and O–H groups in total. The topological polar surface area (TPSA) is 55.5 Å². The Morgan fingerprint density at radius 1 is 1.04 bits per heavy atom. The summed E-state index contributed by atoms with van der Waals surface area (Å²) in [5, 5.41) is 11.0. The zero-order chi connectivity index (χ0) is 19.2. The van der Waals surface area contributed by atoms with Gasteiger partial charge in [-0.2, -0.15) is 0 Å². The van der Waals surface area contributed by atoms with Crippen LogP contribution in [0.2, 0.25) is 0 Å². The minimum absolute atomic E-state index is 0.170. The van der Waals surface area contributed by atoms with Crippen molar-refractivity contribution >= 4 is 17.6 Å². The Labute approximate surface area is 159 Å². The Kier molecular flexibility index (Phi) is 5.77. The van der Waals surface area contributed by atoms with Crippen LogP contribution >= 0.6 is 0 Å². The van der Waals surface area contributed by atoms with E-state index in [1.54, 1.807) is 13.0 Å². The minimum Gasteiger partial charge on any atom is -0.258 e. The number of hydrogen-bond donors (Lipinski definition) is 0. The first kappa shape index (κ1) is 18.5. The molecule has 3 rings (SSSR count). The van der Waals surface area contributed by atoms with E-state index in [1.165, 1.54) is 5.56 Å². The van der Waals surface area contributed by atoms with Gasteiger partial charge in [0.05, 0.1) is 10.6 Å². The van der Waals surface area contributed by atoms with Crippen molar-refractivity contribution in [3.05, 3.63) is 105 Å². The molecule has 0 saturated carbocycles. The fourth-order valence-corrected chi connectivity index (χ4v) is 3.12. The van der Waals surface area contributed by atoms with E-state index in [0.29, 0.717) is 5.56 Å². The van der Waals surface area contributed by atoms with Gasteiger partial charge in [0.1, 0.15) is 0 Å². The van der Waals surface area contributed by atoms with Crippen molar-refractivity contribution in [2.75, 3.05) is 0 Å². The van der Waals surface area contributed by atoms with E-state index in [-0.39, 0.29) is 16.5 Å². The van der Waals surface area contributed by atoms with Crippen LogP contribution in [0.3, 0.4) is 0 Å². The lowest BCUT2D eigenvalue weighted by atomic mass is 9.92. The molecule has 27 heavy (non-hydrogen) atoms. The second-order valence-corrected chi connectivity index (χ2v) is 6.75. The standard InChI is InChI=1S/C23H22N2O2/c1-17(13-20-11-12-23(25(26)27)18(2)14-20)21-9-6-10-22(15-21)24-16-19-7-4-3-5-8-19/h3-12,14-17H,13H2,1-2H3. The van der Waals surface area contributed by atoms with E-state index < -0.39 is 0 Å². The molecule has 0 amide bonds. The van der Waals surface area contributed by atoms with Crippen molar-refractivity contribution in [2.45, 2.75) is 26.2 Å². The summed E-state index contributed by atoms with van der Waals surface area (Å²) in [4.78, 5) is 15.2. The van der Waals surface area contributed by atoms with Crippen molar-refractivity contribution in [3.8, 4) is 0 Å². The molecule has 4 nitrogen and oxygen atoms in total. The van der Waals surface area contributed by atoms with Crippen LogP contribution in [0.5, 0.6) is 0 Å². The number of benzene rings is 3. The maximum absolute atomic E-state index is 11.0. The van der Waals surface area contributed by atoms with E-state index in [1.807, 2.05) is 60.8 Å². The molecule has 3 aromatic carbocycles. The molecule has 3 aromatic rings. The number of aryl methyl sites for hydroxylation is 1. The first-order chi connectivity index (χ1) is 13.0. The first-order valence-electron chi connectivity index (χ1n) is 8.96. The molecule has 0 aliphatic carbocycles. The molecule has 0 heterocycles. The third kappa shape index (κ3) is 4.88. The number of nitrogens with zero attached hydrogens (tertiary/aromatic N) is 2. The first-order valence-corrected chi connectivity index (χ1v) is 8.96. The van der Waals surface area contributed by atoms with Crippen LogP contribution in [0.25, 0.3) is 0 Å². The van der Waals surface area contributed by atoms with E-state index >= 15 is 0 Å². The van der Waals surface area contributed by atoms with E-state index in [9.17, 15) is 10.1 Å². The van der Waals surface area contributed by atoms with Crippen LogP contribution in [0.1, 0.15) is 35.1 Å². The van der Waals surface area contributed by atoms with E-state index in [2.05, 4.69) is 24.0 Å². The maximum Gasteiger partial charge on any atom is 0.272 e. The molecule has 0 aliphatic rings. The predicted molar refractivity (Wildman–Crippen MR) is 110 cm³/mol. The van der Waals surface area contributed by atoms with Crippen LogP contribution < -0.4 is 0 Å². The number of rotatable bonds is 6. The fourth-order valence-electron chi connectivity index (χ4n) is 3.12. The molecule has 0 aliphatic heterocycles. The molecule has 0 bridgehead atoms. The zero-order valence-corrected chi connectivity index (χ0v) is 15.5. The smallest absolute Gasteiger partial charge is 0.258 e. The molecule has 1 atom stereocenters. The Morgan fingerprint density at radius 2 is 1.81 bits per heavy atom. The normalized spacial score (nSPS) is 12.2. The number of nitro groups is 1. The molecular weight excluding hydrogens is 336 g/mol. The minimum atomic E-state index is -0.337. The zero-order valence-electron chi connectivity index (χ0n) is 15.5. The monoisotopic (exact) mass is 358 g/mol. The van der Waals surface area contributed by atoms with Crippen molar-refractivity contribution in [2.24, 2.45) is 4.99 Å². The van der Waals surface area contributed by atoms with Gasteiger partial charge in [-0.3, -0.25) is 15.1 Å². The van der Waals surface area contributed by atoms with Crippen LogP contribution in [-0.2, 0) is 6.42 Å². The molecule has 0 aromatic heterocycles. The summed E-state index contributed by atoms with van der Waals surface area (Å²) in [6, 6.07) is 23.6. The lowest BCUT2D eigenvalue weighted by Crippen LogP contribution is -2.00. The predicted octanol–water partition coefficient (Wildman–Crippen LogP) is 6.00. The third-order valence-corrected chi connectivity index (χ3v) is 4.60. The third-order valence-electron chi connectivity index (χ3n) is 4.60. The van der Waals surface area contributed by atoms with Gasteiger partial charge in [-0.15, -0.1) is 0 Å². The molecule has 0 fully saturated rings. The summed E-state index contributed by atoms with van der Waals surface area (Å²) in [7, 11) is 0. The average molecular weight is 358 g/mol. The lowest BCUT2D eigenvalue weighted by Gasteiger charge is -2.13. The summed E-state index contributed by atoms with van der Waals surface area (Å²) >= 11 is 0. The molecule has 0 saturated heterocycles. The lowest BCUT2D eigenvalue weighted by molar-refractivity contribution is -0.385. The van der Waals surface area contributed by atoms with Gasteiger partial charge < -0.3 is 0 Å². The summed E-state index contributed by atoms with van der Waals surface area (Å²) in [5.41, 5.74) is 5.16. The van der Waals surface area contributed by atoms with Gasteiger partial charge in [0, 0.05) is 17.8 Å². The van der Waals surface area contributed by atoms with Gasteiger partial charge in [-0.05, 0) is 54.2 Å².